The molecule has 3 aliphatic rings. The van der Waals surface area contributed by atoms with E-state index in [0.717, 1.165) is 38.6 Å². The second-order valence-electron chi connectivity index (χ2n) is 7.86. The summed E-state index contributed by atoms with van der Waals surface area (Å²) in [6, 6.07) is 9.04. The first-order valence-corrected chi connectivity index (χ1v) is 9.38. The van der Waals surface area contributed by atoms with E-state index >= 15 is 0 Å². The van der Waals surface area contributed by atoms with E-state index in [9.17, 15) is 9.59 Å². The fourth-order valence-electron chi connectivity index (χ4n) is 4.92. The van der Waals surface area contributed by atoms with E-state index in [1.165, 1.54) is 11.1 Å². The van der Waals surface area contributed by atoms with Crippen LogP contribution < -0.4 is 5.32 Å². The van der Waals surface area contributed by atoms with Gasteiger partial charge < -0.3 is 10.4 Å². The Morgan fingerprint density at radius 2 is 2.08 bits per heavy atom. The first kappa shape index (κ1) is 16.6. The van der Waals surface area contributed by atoms with Crippen molar-refractivity contribution in [2.24, 2.45) is 5.92 Å². The lowest BCUT2D eigenvalue weighted by Crippen LogP contribution is -2.55. The van der Waals surface area contributed by atoms with Gasteiger partial charge >= 0.3 is 5.97 Å². The number of carboxylic acid groups (broad SMARTS) is 1. The number of hydrogen-bond donors (Lipinski definition) is 2. The molecule has 1 spiro atoms. The minimum Gasteiger partial charge on any atom is -0.480 e. The molecule has 3 aliphatic carbocycles. The molecule has 2 N–H and O–H groups in total. The minimum absolute atomic E-state index is 0.0877. The highest BCUT2D eigenvalue weighted by atomic mass is 16.4. The largest absolute Gasteiger partial charge is 0.480 e. The summed E-state index contributed by atoms with van der Waals surface area (Å²) in [5.41, 5.74) is 2.90. The normalized spacial score (nSPS) is 32.3. The van der Waals surface area contributed by atoms with Gasteiger partial charge in [0.15, 0.2) is 0 Å². The molecule has 5 nitrogen and oxygen atoms in total. The number of aliphatic carboxylic acids is 1. The molecule has 2 atom stereocenters. The van der Waals surface area contributed by atoms with Crippen LogP contribution in [0.1, 0.15) is 43.7 Å². The van der Waals surface area contributed by atoms with Gasteiger partial charge in [-0.3, -0.25) is 14.5 Å². The first-order valence-electron chi connectivity index (χ1n) is 9.38. The van der Waals surface area contributed by atoms with Crippen molar-refractivity contribution >= 4 is 11.9 Å². The minimum atomic E-state index is -0.783. The van der Waals surface area contributed by atoms with Gasteiger partial charge in [-0.05, 0) is 49.8 Å². The number of carbonyl (C=O) groups is 2. The molecule has 0 radical (unpaired) electrons. The lowest BCUT2D eigenvalue weighted by molar-refractivity contribution is -0.139. The zero-order valence-corrected chi connectivity index (χ0v) is 14.7. The Labute approximate surface area is 148 Å². The molecule has 1 aromatic rings. The van der Waals surface area contributed by atoms with Gasteiger partial charge in [0.1, 0.15) is 0 Å². The van der Waals surface area contributed by atoms with Gasteiger partial charge in [-0.25, -0.2) is 0 Å². The molecule has 1 amide bonds. The molecule has 0 aromatic heterocycles. The summed E-state index contributed by atoms with van der Waals surface area (Å²) < 4.78 is 0. The lowest BCUT2D eigenvalue weighted by Gasteiger charge is -2.42. The second kappa shape index (κ2) is 6.13. The summed E-state index contributed by atoms with van der Waals surface area (Å²) >= 11 is 0. The molecule has 4 rings (SSSR count). The molecule has 2 unspecified atom stereocenters. The Kier molecular flexibility index (Phi) is 4.07. The maximum absolute atomic E-state index is 12.7. The van der Waals surface area contributed by atoms with Crippen LogP contribution >= 0.6 is 0 Å². The number of nitrogens with one attached hydrogen (secondary N) is 1. The van der Waals surface area contributed by atoms with Crippen LogP contribution in [0.4, 0.5) is 0 Å². The van der Waals surface area contributed by atoms with Gasteiger partial charge in [0.2, 0.25) is 5.91 Å². The van der Waals surface area contributed by atoms with Gasteiger partial charge in [0.25, 0.3) is 0 Å². The number of fused-ring (bicyclic) bond motifs is 2. The summed E-state index contributed by atoms with van der Waals surface area (Å²) in [6.45, 7) is 2.81. The molecule has 2 saturated carbocycles. The predicted molar refractivity (Wildman–Crippen MR) is 94.4 cm³/mol. The predicted octanol–water partition coefficient (Wildman–Crippen LogP) is 1.94. The standard InChI is InChI=1S/C20H26N2O3/c1-2-22(12-18(23)24)15-9-14(10-15)21-19(25)17-11-20(17)8-7-13-5-3-4-6-16(13)20/h3-6,14-15,17H,2,7-12H2,1H3,(H,21,25)(H,23,24). The highest BCUT2D eigenvalue weighted by Gasteiger charge is 2.61. The fourth-order valence-corrected chi connectivity index (χ4v) is 4.92. The average Bonchev–Trinajstić information content (AvgIpc) is 3.18. The Balaban J connectivity index is 1.30. The number of nitrogens with zero attached hydrogens (tertiary/aromatic N) is 1. The summed E-state index contributed by atoms with van der Waals surface area (Å²) in [6.07, 6.45) is 4.89. The summed E-state index contributed by atoms with van der Waals surface area (Å²) in [7, 11) is 0. The van der Waals surface area contributed by atoms with Crippen molar-refractivity contribution < 1.29 is 14.7 Å². The van der Waals surface area contributed by atoms with E-state index in [4.69, 9.17) is 5.11 Å². The summed E-state index contributed by atoms with van der Waals surface area (Å²) in [5.74, 6) is -0.466. The lowest BCUT2D eigenvalue weighted by atomic mass is 9.85. The molecule has 0 heterocycles. The van der Waals surface area contributed by atoms with Gasteiger partial charge in [-0.2, -0.15) is 0 Å². The highest BCUT2D eigenvalue weighted by molar-refractivity contribution is 5.85. The van der Waals surface area contributed by atoms with Crippen LogP contribution in [0.2, 0.25) is 0 Å². The first-order chi connectivity index (χ1) is 12.0. The number of benzene rings is 1. The van der Waals surface area contributed by atoms with E-state index in [-0.39, 0.29) is 35.9 Å². The molecular weight excluding hydrogens is 316 g/mol. The fraction of sp³-hybridized carbons (Fsp3) is 0.600. The van der Waals surface area contributed by atoms with E-state index in [1.807, 2.05) is 11.8 Å². The Morgan fingerprint density at radius 1 is 1.32 bits per heavy atom. The third-order valence-electron chi connectivity index (χ3n) is 6.51. The molecule has 25 heavy (non-hydrogen) atoms. The monoisotopic (exact) mass is 342 g/mol. The van der Waals surface area contributed by atoms with Crippen molar-refractivity contribution in [3.8, 4) is 0 Å². The number of aryl methyl sites for hydroxylation is 1. The smallest absolute Gasteiger partial charge is 0.317 e. The third-order valence-corrected chi connectivity index (χ3v) is 6.51. The maximum Gasteiger partial charge on any atom is 0.317 e. The van der Waals surface area contributed by atoms with Crippen LogP contribution in [0.3, 0.4) is 0 Å². The third kappa shape index (κ3) is 2.84. The van der Waals surface area contributed by atoms with Crippen molar-refractivity contribution in [3.63, 3.8) is 0 Å². The summed E-state index contributed by atoms with van der Waals surface area (Å²) in [4.78, 5) is 25.6. The van der Waals surface area contributed by atoms with Gasteiger partial charge in [0, 0.05) is 23.4 Å². The van der Waals surface area contributed by atoms with Crippen LogP contribution in [-0.4, -0.2) is 47.1 Å². The molecular formula is C20H26N2O3. The van der Waals surface area contributed by atoms with Crippen molar-refractivity contribution in [1.82, 2.24) is 10.2 Å². The van der Waals surface area contributed by atoms with Crippen LogP contribution in [0.25, 0.3) is 0 Å². The van der Waals surface area contributed by atoms with Crippen LogP contribution in [0, 0.1) is 5.92 Å². The zero-order valence-electron chi connectivity index (χ0n) is 14.7. The number of rotatable bonds is 6. The Morgan fingerprint density at radius 3 is 2.80 bits per heavy atom. The SMILES string of the molecule is CCN(CC(=O)O)C1CC(NC(=O)C2CC23CCc2ccccc23)C1. The van der Waals surface area contributed by atoms with Crippen molar-refractivity contribution in [3.05, 3.63) is 35.4 Å². The van der Waals surface area contributed by atoms with Crippen molar-refractivity contribution in [1.29, 1.82) is 0 Å². The molecule has 1 aromatic carbocycles. The van der Waals surface area contributed by atoms with Gasteiger partial charge in [-0.15, -0.1) is 0 Å². The van der Waals surface area contributed by atoms with E-state index < -0.39 is 5.97 Å². The van der Waals surface area contributed by atoms with Crippen LogP contribution in [0.5, 0.6) is 0 Å². The number of carbonyl (C=O) groups excluding carboxylic acids is 1. The van der Waals surface area contributed by atoms with Gasteiger partial charge in [-0.1, -0.05) is 31.2 Å². The quantitative estimate of drug-likeness (QED) is 0.829. The average molecular weight is 342 g/mol. The molecule has 134 valence electrons. The zero-order chi connectivity index (χ0) is 17.6. The van der Waals surface area contributed by atoms with Crippen molar-refractivity contribution in [2.75, 3.05) is 13.1 Å². The molecule has 2 fully saturated rings. The van der Waals surface area contributed by atoms with Crippen molar-refractivity contribution in [2.45, 2.75) is 56.5 Å². The Hall–Kier alpha value is -1.88. The van der Waals surface area contributed by atoms with E-state index in [0.29, 0.717) is 0 Å². The van der Waals surface area contributed by atoms with Crippen LogP contribution in [-0.2, 0) is 21.4 Å². The van der Waals surface area contributed by atoms with E-state index in [1.54, 1.807) is 0 Å². The highest BCUT2D eigenvalue weighted by Crippen LogP contribution is 2.61. The number of hydrogen-bond acceptors (Lipinski definition) is 3. The number of carboxylic acids is 1. The molecule has 5 heteroatoms. The maximum atomic E-state index is 12.7. The number of likely N-dealkylation sites (N-methyl/N-ethyl adjacent to an activating group) is 1. The summed E-state index contributed by atoms with van der Waals surface area (Å²) in [5, 5.41) is 12.2. The molecule has 0 aliphatic heterocycles. The second-order valence-corrected chi connectivity index (χ2v) is 7.86. The van der Waals surface area contributed by atoms with E-state index in [2.05, 4.69) is 29.6 Å². The topological polar surface area (TPSA) is 69.6 Å². The number of amides is 1. The van der Waals surface area contributed by atoms with Gasteiger partial charge in [0.05, 0.1) is 6.54 Å². The molecule has 0 bridgehead atoms. The van der Waals surface area contributed by atoms with Crippen LogP contribution in [0.15, 0.2) is 24.3 Å². The Bertz CT molecular complexity index is 698. The molecule has 0 saturated heterocycles.